The van der Waals surface area contributed by atoms with Gasteiger partial charge in [-0.15, -0.1) is 0 Å². The number of anilines is 1. The number of rotatable bonds is 5. The number of nitrogens with zero attached hydrogens (tertiary/aromatic N) is 2. The van der Waals surface area contributed by atoms with Gasteiger partial charge >= 0.3 is 0 Å². The van der Waals surface area contributed by atoms with E-state index >= 15 is 0 Å². The summed E-state index contributed by atoms with van der Waals surface area (Å²) in [6.07, 6.45) is 0.350. The quantitative estimate of drug-likeness (QED) is 0.877. The van der Waals surface area contributed by atoms with Crippen LogP contribution in [0.15, 0.2) is 30.3 Å². The highest BCUT2D eigenvalue weighted by molar-refractivity contribution is 5.94. The Kier molecular flexibility index (Phi) is 5.62. The molecule has 2 N–H and O–H groups in total. The summed E-state index contributed by atoms with van der Waals surface area (Å²) in [5.41, 5.74) is 2.69. The molecule has 0 aliphatic heterocycles. The summed E-state index contributed by atoms with van der Waals surface area (Å²) in [7, 11) is 0. The van der Waals surface area contributed by atoms with Gasteiger partial charge in [-0.2, -0.15) is 5.10 Å². The average molecular weight is 342 g/mol. The van der Waals surface area contributed by atoms with Gasteiger partial charge in [-0.25, -0.2) is 4.68 Å². The summed E-state index contributed by atoms with van der Waals surface area (Å²) < 4.78 is 1.75. The van der Waals surface area contributed by atoms with E-state index in [0.29, 0.717) is 12.2 Å². The fraction of sp³-hybridized carbons (Fsp3) is 0.421. The Labute approximate surface area is 148 Å². The van der Waals surface area contributed by atoms with Crippen LogP contribution in [0.1, 0.15) is 45.4 Å². The number of aryl methyl sites for hydroxylation is 1. The van der Waals surface area contributed by atoms with Crippen LogP contribution in [-0.2, 0) is 15.0 Å². The van der Waals surface area contributed by atoms with E-state index in [1.165, 1.54) is 0 Å². The number of hydrogen-bond donors (Lipinski definition) is 2. The molecule has 1 aromatic carbocycles. The second kappa shape index (κ2) is 7.51. The van der Waals surface area contributed by atoms with Crippen molar-refractivity contribution in [1.82, 2.24) is 15.1 Å². The molecule has 0 saturated heterocycles. The molecule has 2 amide bonds. The Balaban J connectivity index is 2.33. The van der Waals surface area contributed by atoms with E-state index in [4.69, 9.17) is 5.10 Å². The van der Waals surface area contributed by atoms with Crippen LogP contribution in [0.2, 0.25) is 0 Å². The van der Waals surface area contributed by atoms with Crippen molar-refractivity contribution in [2.24, 2.45) is 0 Å². The first-order valence-electron chi connectivity index (χ1n) is 8.45. The maximum absolute atomic E-state index is 12.2. The van der Waals surface area contributed by atoms with Gasteiger partial charge in [0.25, 0.3) is 0 Å². The van der Waals surface area contributed by atoms with Crippen molar-refractivity contribution >= 4 is 17.6 Å². The molecule has 0 atom stereocenters. The molecule has 6 heteroatoms. The Morgan fingerprint density at radius 3 is 2.44 bits per heavy atom. The molecule has 2 aromatic rings. The number of carbonyl (C=O) groups excluding carboxylic acids is 2. The zero-order chi connectivity index (χ0) is 18.6. The van der Waals surface area contributed by atoms with Gasteiger partial charge in [0.2, 0.25) is 11.8 Å². The summed E-state index contributed by atoms with van der Waals surface area (Å²) in [6, 6.07) is 9.75. The number of para-hydroxylation sites is 1. The zero-order valence-corrected chi connectivity index (χ0v) is 15.5. The Morgan fingerprint density at radius 1 is 1.16 bits per heavy atom. The van der Waals surface area contributed by atoms with E-state index in [-0.39, 0.29) is 23.8 Å². The highest BCUT2D eigenvalue weighted by Crippen LogP contribution is 2.27. The lowest BCUT2D eigenvalue weighted by Gasteiger charge is -2.14. The monoisotopic (exact) mass is 342 g/mol. The van der Waals surface area contributed by atoms with Crippen molar-refractivity contribution in [2.75, 3.05) is 11.9 Å². The normalized spacial score (nSPS) is 11.2. The van der Waals surface area contributed by atoms with Crippen molar-refractivity contribution in [2.45, 2.75) is 46.5 Å². The van der Waals surface area contributed by atoms with Crippen molar-refractivity contribution in [3.05, 3.63) is 41.6 Å². The predicted octanol–water partition coefficient (Wildman–Crippen LogP) is 2.94. The van der Waals surface area contributed by atoms with Crippen molar-refractivity contribution in [3.63, 3.8) is 0 Å². The standard InChI is InChI=1S/C19H26N4O2/c1-6-17(24)20-12-18(25)21-16-11-15(19(3,4)5)22-23(16)14-10-8-7-9-13(14)2/h7-11H,6,12H2,1-5H3,(H,20,24)(H,21,25). The summed E-state index contributed by atoms with van der Waals surface area (Å²) in [6.45, 7) is 9.91. The number of amides is 2. The average Bonchev–Trinajstić information content (AvgIpc) is 2.97. The molecule has 6 nitrogen and oxygen atoms in total. The number of hydrogen-bond acceptors (Lipinski definition) is 3. The van der Waals surface area contributed by atoms with E-state index in [1.54, 1.807) is 11.6 Å². The molecule has 1 aromatic heterocycles. The minimum Gasteiger partial charge on any atom is -0.347 e. The molecule has 0 bridgehead atoms. The molecule has 0 radical (unpaired) electrons. The molecule has 0 spiro atoms. The maximum atomic E-state index is 12.2. The first kappa shape index (κ1) is 18.7. The molecule has 25 heavy (non-hydrogen) atoms. The first-order valence-corrected chi connectivity index (χ1v) is 8.45. The van der Waals surface area contributed by atoms with Crippen LogP contribution in [0.3, 0.4) is 0 Å². The van der Waals surface area contributed by atoms with E-state index < -0.39 is 0 Å². The van der Waals surface area contributed by atoms with Crippen LogP contribution in [0, 0.1) is 6.92 Å². The minimum atomic E-state index is -0.281. The van der Waals surface area contributed by atoms with Gasteiger partial charge in [-0.1, -0.05) is 45.9 Å². The first-order chi connectivity index (χ1) is 11.7. The second-order valence-corrected chi connectivity index (χ2v) is 7.04. The fourth-order valence-corrected chi connectivity index (χ4v) is 2.31. The fourth-order valence-electron chi connectivity index (χ4n) is 2.31. The minimum absolute atomic E-state index is 0.0591. The van der Waals surface area contributed by atoms with E-state index in [2.05, 4.69) is 31.4 Å². The lowest BCUT2D eigenvalue weighted by Crippen LogP contribution is -2.32. The zero-order valence-electron chi connectivity index (χ0n) is 15.5. The van der Waals surface area contributed by atoms with E-state index in [1.807, 2.05) is 37.3 Å². The van der Waals surface area contributed by atoms with Gasteiger partial charge in [0.05, 0.1) is 17.9 Å². The molecule has 0 aliphatic carbocycles. The van der Waals surface area contributed by atoms with Crippen LogP contribution < -0.4 is 10.6 Å². The van der Waals surface area contributed by atoms with E-state index in [9.17, 15) is 9.59 Å². The summed E-state index contributed by atoms with van der Waals surface area (Å²) in [5, 5.41) is 10.1. The van der Waals surface area contributed by atoms with Gasteiger partial charge in [0.1, 0.15) is 5.82 Å². The molecule has 0 saturated carbocycles. The molecule has 134 valence electrons. The predicted molar refractivity (Wildman–Crippen MR) is 98.9 cm³/mol. The van der Waals surface area contributed by atoms with Crippen molar-refractivity contribution in [3.8, 4) is 5.69 Å². The Hall–Kier alpha value is -2.63. The summed E-state index contributed by atoms with van der Waals surface area (Å²) in [5.74, 6) is 0.157. The highest BCUT2D eigenvalue weighted by atomic mass is 16.2. The summed E-state index contributed by atoms with van der Waals surface area (Å²) >= 11 is 0. The van der Waals surface area contributed by atoms with Gasteiger partial charge in [0, 0.05) is 17.9 Å². The highest BCUT2D eigenvalue weighted by Gasteiger charge is 2.22. The molecule has 2 rings (SSSR count). The molecular weight excluding hydrogens is 316 g/mol. The number of nitrogens with one attached hydrogen (secondary N) is 2. The van der Waals surface area contributed by atoms with Gasteiger partial charge in [0.15, 0.2) is 0 Å². The molecule has 0 aliphatic rings. The van der Waals surface area contributed by atoms with Crippen molar-refractivity contribution < 1.29 is 9.59 Å². The van der Waals surface area contributed by atoms with Crippen LogP contribution in [0.25, 0.3) is 5.69 Å². The van der Waals surface area contributed by atoms with Crippen LogP contribution in [-0.4, -0.2) is 28.1 Å². The van der Waals surface area contributed by atoms with Gasteiger partial charge < -0.3 is 10.6 Å². The Bertz CT molecular complexity index is 772. The number of benzene rings is 1. The molecule has 1 heterocycles. The van der Waals surface area contributed by atoms with Gasteiger partial charge in [-0.3, -0.25) is 9.59 Å². The van der Waals surface area contributed by atoms with Crippen LogP contribution in [0.4, 0.5) is 5.82 Å². The van der Waals surface area contributed by atoms with Crippen LogP contribution >= 0.6 is 0 Å². The van der Waals surface area contributed by atoms with Crippen LogP contribution in [0.5, 0.6) is 0 Å². The van der Waals surface area contributed by atoms with Gasteiger partial charge in [-0.05, 0) is 18.6 Å². The maximum Gasteiger partial charge on any atom is 0.244 e. The molecular formula is C19H26N4O2. The second-order valence-electron chi connectivity index (χ2n) is 7.04. The Morgan fingerprint density at radius 2 is 1.84 bits per heavy atom. The third-order valence-electron chi connectivity index (χ3n) is 3.86. The lowest BCUT2D eigenvalue weighted by molar-refractivity contribution is -0.123. The summed E-state index contributed by atoms with van der Waals surface area (Å²) in [4.78, 5) is 23.5. The van der Waals surface area contributed by atoms with Crippen molar-refractivity contribution in [1.29, 1.82) is 0 Å². The number of carbonyl (C=O) groups is 2. The largest absolute Gasteiger partial charge is 0.347 e. The topological polar surface area (TPSA) is 76.0 Å². The third kappa shape index (κ3) is 4.68. The lowest BCUT2D eigenvalue weighted by atomic mass is 9.92. The third-order valence-corrected chi connectivity index (χ3v) is 3.86. The SMILES string of the molecule is CCC(=O)NCC(=O)Nc1cc(C(C)(C)C)nn1-c1ccccc1C. The van der Waals surface area contributed by atoms with E-state index in [0.717, 1.165) is 16.9 Å². The molecule has 0 unspecified atom stereocenters. The number of aromatic nitrogens is 2. The smallest absolute Gasteiger partial charge is 0.244 e. The molecule has 0 fully saturated rings.